The Kier molecular flexibility index (Phi) is 16.8. The topological polar surface area (TPSA) is 71.1 Å². The number of cyclic esters (lactones) is 1. The van der Waals surface area contributed by atoms with Crippen molar-refractivity contribution in [1.29, 1.82) is 0 Å². The summed E-state index contributed by atoms with van der Waals surface area (Å²) >= 11 is 2.24. The van der Waals surface area contributed by atoms with Crippen LogP contribution in [0.15, 0.2) is 34.3 Å². The van der Waals surface area contributed by atoms with Crippen molar-refractivity contribution in [2.75, 3.05) is 33.2 Å². The van der Waals surface area contributed by atoms with Gasteiger partial charge in [0.25, 0.3) is 0 Å². The standard InChI is InChI=1S/C17H25IO4S.C5H10O2/c1-5-15(20-4)13(7-6-12(2)3)16(21-10-11-23-18)14-8-9-22-17(14)19;1-3-4-5(6)7-2/h6H,5,7-11H2,1-4H3;3-4H2,1-2H3/b15-13+,16-14-;. The van der Waals surface area contributed by atoms with E-state index in [1.165, 1.54) is 12.7 Å². The van der Waals surface area contributed by atoms with Crippen molar-refractivity contribution in [1.82, 2.24) is 0 Å². The molecule has 0 spiro atoms. The lowest BCUT2D eigenvalue weighted by Gasteiger charge is -2.18. The fraction of sp³-hybridized carbons (Fsp3) is 0.636. The number of rotatable bonds is 11. The third kappa shape index (κ3) is 11.3. The lowest BCUT2D eigenvalue weighted by molar-refractivity contribution is -0.140. The molecule has 0 saturated carbocycles. The van der Waals surface area contributed by atoms with Gasteiger partial charge in [0, 0.05) is 30.6 Å². The maximum absolute atomic E-state index is 12.0. The van der Waals surface area contributed by atoms with Gasteiger partial charge in [-0.3, -0.25) is 4.79 Å². The predicted octanol–water partition coefficient (Wildman–Crippen LogP) is 5.91. The van der Waals surface area contributed by atoms with Crippen molar-refractivity contribution in [2.45, 2.75) is 59.8 Å². The molecule has 0 radical (unpaired) electrons. The normalized spacial score (nSPS) is 15.2. The van der Waals surface area contributed by atoms with Gasteiger partial charge >= 0.3 is 11.9 Å². The number of allylic oxidation sites excluding steroid dienone is 4. The SMILES string of the molecule is CC/C(OC)=C(CC=C(C)C)\C(OCCSI)=C1/CCOC1=O.CCCC(=O)OC. The van der Waals surface area contributed by atoms with Crippen LogP contribution in [0.4, 0.5) is 0 Å². The van der Waals surface area contributed by atoms with Gasteiger partial charge in [0.05, 0.1) is 33.0 Å². The summed E-state index contributed by atoms with van der Waals surface area (Å²) in [4.78, 5) is 22.2. The molecule has 0 aliphatic carbocycles. The Balaban J connectivity index is 0.00000103. The minimum atomic E-state index is -0.275. The predicted molar refractivity (Wildman–Crippen MR) is 130 cm³/mol. The number of halogens is 1. The molecular weight excluding hydrogens is 519 g/mol. The number of hydrogen-bond acceptors (Lipinski definition) is 7. The highest BCUT2D eigenvalue weighted by molar-refractivity contribution is 14.2. The molecule has 30 heavy (non-hydrogen) atoms. The quantitative estimate of drug-likeness (QED) is 0.0785. The van der Waals surface area contributed by atoms with Crippen LogP contribution in [0.5, 0.6) is 0 Å². The summed E-state index contributed by atoms with van der Waals surface area (Å²) in [5, 5.41) is 0. The van der Waals surface area contributed by atoms with Crippen molar-refractivity contribution in [3.63, 3.8) is 0 Å². The van der Waals surface area contributed by atoms with Crippen LogP contribution in [0.3, 0.4) is 0 Å². The molecular formula is C22H35IO6S. The zero-order valence-corrected chi connectivity index (χ0v) is 21.9. The molecule has 0 amide bonds. The van der Waals surface area contributed by atoms with E-state index in [0.29, 0.717) is 43.8 Å². The van der Waals surface area contributed by atoms with Crippen molar-refractivity contribution >= 4 is 42.1 Å². The van der Waals surface area contributed by atoms with Crippen LogP contribution in [-0.2, 0) is 28.5 Å². The first kappa shape index (κ1) is 28.8. The average molecular weight is 554 g/mol. The fourth-order valence-corrected chi connectivity index (χ4v) is 3.28. The third-order valence-corrected chi connectivity index (χ3v) is 5.73. The molecule has 0 unspecified atom stereocenters. The smallest absolute Gasteiger partial charge is 0.337 e. The molecule has 1 saturated heterocycles. The Bertz CT molecular complexity index is 630. The Morgan fingerprint density at radius 1 is 1.23 bits per heavy atom. The molecule has 1 heterocycles. The summed E-state index contributed by atoms with van der Waals surface area (Å²) in [6.45, 7) is 9.07. The highest BCUT2D eigenvalue weighted by Gasteiger charge is 2.27. The largest absolute Gasteiger partial charge is 0.501 e. The Morgan fingerprint density at radius 2 is 1.93 bits per heavy atom. The van der Waals surface area contributed by atoms with Gasteiger partial charge in [0.2, 0.25) is 0 Å². The van der Waals surface area contributed by atoms with E-state index in [4.69, 9.17) is 14.2 Å². The van der Waals surface area contributed by atoms with Gasteiger partial charge < -0.3 is 18.9 Å². The summed E-state index contributed by atoms with van der Waals surface area (Å²) in [5.74, 6) is 1.96. The molecule has 172 valence electrons. The second kappa shape index (κ2) is 17.5. The van der Waals surface area contributed by atoms with Crippen LogP contribution in [0.2, 0.25) is 0 Å². The van der Waals surface area contributed by atoms with Gasteiger partial charge in [-0.15, -0.1) is 0 Å². The number of carbonyl (C=O) groups excluding carboxylic acids is 2. The molecule has 0 N–H and O–H groups in total. The van der Waals surface area contributed by atoms with Crippen LogP contribution in [0, 0.1) is 0 Å². The van der Waals surface area contributed by atoms with E-state index in [-0.39, 0.29) is 11.9 Å². The molecule has 0 aromatic carbocycles. The highest BCUT2D eigenvalue weighted by atomic mass is 127. The Morgan fingerprint density at radius 3 is 2.33 bits per heavy atom. The molecule has 0 aromatic heterocycles. The molecule has 1 aliphatic rings. The summed E-state index contributed by atoms with van der Waals surface area (Å²) < 4.78 is 21.0. The summed E-state index contributed by atoms with van der Waals surface area (Å²) in [6.07, 6.45) is 5.55. The maximum atomic E-state index is 12.0. The first-order valence-corrected chi connectivity index (χ1v) is 13.6. The van der Waals surface area contributed by atoms with Gasteiger partial charge in [0.15, 0.2) is 0 Å². The molecule has 8 heteroatoms. The number of ether oxygens (including phenoxy) is 4. The third-order valence-electron chi connectivity index (χ3n) is 4.09. The van der Waals surface area contributed by atoms with E-state index < -0.39 is 0 Å². The van der Waals surface area contributed by atoms with E-state index in [9.17, 15) is 9.59 Å². The van der Waals surface area contributed by atoms with E-state index in [0.717, 1.165) is 29.9 Å². The first-order valence-electron chi connectivity index (χ1n) is 10.1. The first-order chi connectivity index (χ1) is 14.4. The van der Waals surface area contributed by atoms with E-state index in [1.54, 1.807) is 16.0 Å². The van der Waals surface area contributed by atoms with Gasteiger partial charge in [-0.1, -0.05) is 34.4 Å². The minimum Gasteiger partial charge on any atom is -0.501 e. The molecule has 0 atom stereocenters. The zero-order chi connectivity index (χ0) is 22.9. The lowest BCUT2D eigenvalue weighted by Crippen LogP contribution is -2.10. The number of hydrogen-bond donors (Lipinski definition) is 0. The van der Waals surface area contributed by atoms with E-state index >= 15 is 0 Å². The van der Waals surface area contributed by atoms with Crippen molar-refractivity contribution in [3.8, 4) is 0 Å². The van der Waals surface area contributed by atoms with Gasteiger partial charge in [-0.2, -0.15) is 0 Å². The number of esters is 2. The van der Waals surface area contributed by atoms with E-state index in [1.807, 2.05) is 13.8 Å². The lowest BCUT2D eigenvalue weighted by atomic mass is 10.0. The molecule has 6 nitrogen and oxygen atoms in total. The second-order valence-corrected chi connectivity index (χ2v) is 9.12. The van der Waals surface area contributed by atoms with Crippen LogP contribution in [-0.4, -0.2) is 45.1 Å². The summed E-state index contributed by atoms with van der Waals surface area (Å²) in [6, 6.07) is 0. The van der Waals surface area contributed by atoms with Crippen molar-refractivity contribution < 1.29 is 28.5 Å². The summed E-state index contributed by atoms with van der Waals surface area (Å²) in [7, 11) is 4.75. The molecule has 0 aromatic rings. The van der Waals surface area contributed by atoms with Gasteiger partial charge in [0.1, 0.15) is 11.5 Å². The second-order valence-electron chi connectivity index (χ2n) is 6.63. The number of carbonyl (C=O) groups is 2. The summed E-state index contributed by atoms with van der Waals surface area (Å²) in [5.41, 5.74) is 2.79. The van der Waals surface area contributed by atoms with Gasteiger partial charge in [-0.25, -0.2) is 4.79 Å². The van der Waals surface area contributed by atoms with E-state index in [2.05, 4.69) is 45.9 Å². The zero-order valence-electron chi connectivity index (χ0n) is 19.0. The molecule has 1 fully saturated rings. The van der Waals surface area contributed by atoms with Crippen molar-refractivity contribution in [3.05, 3.63) is 34.3 Å². The van der Waals surface area contributed by atoms with Crippen LogP contribution < -0.4 is 0 Å². The highest BCUT2D eigenvalue weighted by Crippen LogP contribution is 2.30. The Hall–Kier alpha value is -1.16. The molecule has 1 aliphatic heterocycles. The molecule has 1 rings (SSSR count). The average Bonchev–Trinajstić information content (AvgIpc) is 3.15. The van der Waals surface area contributed by atoms with Crippen LogP contribution in [0.1, 0.15) is 59.8 Å². The van der Waals surface area contributed by atoms with Crippen LogP contribution >= 0.6 is 30.1 Å². The fourth-order valence-electron chi connectivity index (χ4n) is 2.60. The Labute approximate surface area is 197 Å². The molecule has 0 bridgehead atoms. The monoisotopic (exact) mass is 554 g/mol. The minimum absolute atomic E-state index is 0.123. The number of methoxy groups -OCH3 is 2. The van der Waals surface area contributed by atoms with Gasteiger partial charge in [-0.05, 0) is 47.9 Å². The van der Waals surface area contributed by atoms with Crippen LogP contribution in [0.25, 0.3) is 0 Å². The van der Waals surface area contributed by atoms with Crippen molar-refractivity contribution in [2.24, 2.45) is 0 Å². The maximum Gasteiger partial charge on any atom is 0.337 e.